The minimum atomic E-state index is -0.252. The van der Waals surface area contributed by atoms with Gasteiger partial charge < -0.3 is 9.64 Å². The number of benzene rings is 1. The fraction of sp³-hybridized carbons (Fsp3) is 0.533. The van der Waals surface area contributed by atoms with Crippen molar-refractivity contribution < 1.29 is 9.53 Å². The number of ether oxygens (including phenoxy) is 1. The lowest BCUT2D eigenvalue weighted by Crippen LogP contribution is -2.43. The molecule has 0 N–H and O–H groups in total. The Hall–Kier alpha value is -1.35. The Labute approximate surface area is 107 Å². The van der Waals surface area contributed by atoms with E-state index in [-0.39, 0.29) is 17.7 Å². The first kappa shape index (κ1) is 10.6. The Morgan fingerprint density at radius 1 is 1.28 bits per heavy atom. The predicted molar refractivity (Wildman–Crippen MR) is 66.7 cm³/mol. The van der Waals surface area contributed by atoms with Crippen LogP contribution in [0.2, 0.25) is 0 Å². The van der Waals surface area contributed by atoms with Crippen LogP contribution in [0.25, 0.3) is 0 Å². The zero-order valence-corrected chi connectivity index (χ0v) is 10.3. The Balaban J connectivity index is 1.75. The average Bonchev–Trinajstić information content (AvgIpc) is 3.02. The summed E-state index contributed by atoms with van der Waals surface area (Å²) in [5, 5.41) is 0. The molecule has 3 fully saturated rings. The van der Waals surface area contributed by atoms with E-state index in [2.05, 4.69) is 17.0 Å². The number of hydrogen-bond donors (Lipinski definition) is 0. The molecule has 1 saturated carbocycles. The first-order valence-electron chi connectivity index (χ1n) is 6.82. The molecule has 4 rings (SSSR count). The van der Waals surface area contributed by atoms with Gasteiger partial charge in [0, 0.05) is 12.3 Å². The summed E-state index contributed by atoms with van der Waals surface area (Å²) in [5.74, 6) is 0.713. The molecule has 2 saturated heterocycles. The summed E-state index contributed by atoms with van der Waals surface area (Å²) < 4.78 is 6.13. The van der Waals surface area contributed by atoms with Gasteiger partial charge in [0.2, 0.25) is 5.91 Å². The zero-order valence-electron chi connectivity index (χ0n) is 10.3. The van der Waals surface area contributed by atoms with Crippen LogP contribution in [0.1, 0.15) is 37.3 Å². The molecule has 1 aromatic rings. The maximum Gasteiger partial charge on any atom is 0.225 e. The van der Waals surface area contributed by atoms with Crippen molar-refractivity contribution >= 4 is 5.91 Å². The van der Waals surface area contributed by atoms with Gasteiger partial charge in [-0.1, -0.05) is 30.3 Å². The van der Waals surface area contributed by atoms with Crippen LogP contribution < -0.4 is 0 Å². The molecule has 1 aromatic carbocycles. The second-order valence-corrected chi connectivity index (χ2v) is 5.64. The maximum absolute atomic E-state index is 12.3. The third-order valence-electron chi connectivity index (χ3n) is 4.81. The van der Waals surface area contributed by atoms with Crippen LogP contribution in [-0.2, 0) is 9.53 Å². The van der Waals surface area contributed by atoms with Gasteiger partial charge in [0.05, 0.1) is 12.6 Å². The molecule has 94 valence electrons. The number of hydrogen-bond acceptors (Lipinski definition) is 2. The molecule has 2 aliphatic heterocycles. The smallest absolute Gasteiger partial charge is 0.225 e. The van der Waals surface area contributed by atoms with Gasteiger partial charge in [-0.15, -0.1) is 0 Å². The summed E-state index contributed by atoms with van der Waals surface area (Å²) in [6.07, 6.45) is 4.04. The first-order chi connectivity index (χ1) is 8.81. The van der Waals surface area contributed by atoms with Crippen LogP contribution in [0, 0.1) is 5.92 Å². The van der Waals surface area contributed by atoms with Crippen molar-refractivity contribution in [3.8, 4) is 0 Å². The fourth-order valence-electron chi connectivity index (χ4n) is 4.05. The first-order valence-corrected chi connectivity index (χ1v) is 6.82. The van der Waals surface area contributed by atoms with Crippen molar-refractivity contribution in [1.29, 1.82) is 0 Å². The summed E-state index contributed by atoms with van der Waals surface area (Å²) in [5.41, 5.74) is 0.952. The summed E-state index contributed by atoms with van der Waals surface area (Å²) in [7, 11) is 0. The molecule has 3 heteroatoms. The van der Waals surface area contributed by atoms with Gasteiger partial charge in [-0.2, -0.15) is 0 Å². The lowest BCUT2D eigenvalue weighted by Gasteiger charge is -2.32. The minimum absolute atomic E-state index is 0.127. The molecule has 1 spiro atoms. The molecule has 3 unspecified atom stereocenters. The average molecular weight is 243 g/mol. The second-order valence-electron chi connectivity index (χ2n) is 5.64. The van der Waals surface area contributed by atoms with E-state index >= 15 is 0 Å². The SMILES string of the molecule is O=C1CC2CCCC23OCC(c2ccccc2)N13. The van der Waals surface area contributed by atoms with E-state index in [0.29, 0.717) is 18.9 Å². The lowest BCUT2D eigenvalue weighted by atomic mass is 10.0. The van der Waals surface area contributed by atoms with Gasteiger partial charge in [-0.05, 0) is 24.8 Å². The normalized spacial score (nSPS) is 38.0. The highest BCUT2D eigenvalue weighted by Crippen LogP contribution is 2.55. The van der Waals surface area contributed by atoms with E-state index in [1.807, 2.05) is 18.2 Å². The molecule has 3 nitrogen and oxygen atoms in total. The van der Waals surface area contributed by atoms with Gasteiger partial charge >= 0.3 is 0 Å². The van der Waals surface area contributed by atoms with Crippen LogP contribution in [0.4, 0.5) is 0 Å². The van der Waals surface area contributed by atoms with E-state index < -0.39 is 0 Å². The van der Waals surface area contributed by atoms with Crippen molar-refractivity contribution in [1.82, 2.24) is 4.90 Å². The zero-order chi connectivity index (χ0) is 12.2. The molecule has 1 aliphatic carbocycles. The molecule has 18 heavy (non-hydrogen) atoms. The van der Waals surface area contributed by atoms with Crippen molar-refractivity contribution in [2.75, 3.05) is 6.61 Å². The standard InChI is InChI=1S/C15H17NO2/c17-14-9-12-7-4-8-15(12)16(14)13(10-18-15)11-5-2-1-3-6-11/h1-3,5-6,12-13H,4,7-10H2. The number of carbonyl (C=O) groups is 1. The maximum atomic E-state index is 12.3. The third kappa shape index (κ3) is 1.20. The summed E-state index contributed by atoms with van der Waals surface area (Å²) >= 11 is 0. The van der Waals surface area contributed by atoms with Crippen LogP contribution in [0.3, 0.4) is 0 Å². The highest BCUT2D eigenvalue weighted by atomic mass is 16.5. The van der Waals surface area contributed by atoms with Crippen molar-refractivity contribution in [2.45, 2.75) is 37.5 Å². The molecule has 3 aliphatic rings. The molecular weight excluding hydrogens is 226 g/mol. The van der Waals surface area contributed by atoms with Gasteiger partial charge in [-0.3, -0.25) is 4.79 Å². The lowest BCUT2D eigenvalue weighted by molar-refractivity contribution is -0.139. The van der Waals surface area contributed by atoms with E-state index in [0.717, 1.165) is 12.8 Å². The fourth-order valence-corrected chi connectivity index (χ4v) is 4.05. The van der Waals surface area contributed by atoms with Crippen molar-refractivity contribution in [3.05, 3.63) is 35.9 Å². The van der Waals surface area contributed by atoms with Gasteiger partial charge in [0.15, 0.2) is 0 Å². The molecule has 3 atom stereocenters. The molecular formula is C15H17NO2. The van der Waals surface area contributed by atoms with Crippen LogP contribution in [-0.4, -0.2) is 23.1 Å². The third-order valence-corrected chi connectivity index (χ3v) is 4.81. The molecule has 0 radical (unpaired) electrons. The summed E-state index contributed by atoms with van der Waals surface area (Å²) in [6.45, 7) is 0.659. The number of rotatable bonds is 1. The van der Waals surface area contributed by atoms with Gasteiger partial charge in [0.25, 0.3) is 0 Å². The van der Waals surface area contributed by atoms with Crippen LogP contribution in [0.15, 0.2) is 30.3 Å². The van der Waals surface area contributed by atoms with E-state index in [4.69, 9.17) is 4.74 Å². The Morgan fingerprint density at radius 3 is 2.94 bits per heavy atom. The molecule has 1 amide bonds. The van der Waals surface area contributed by atoms with Gasteiger partial charge in [-0.25, -0.2) is 0 Å². The van der Waals surface area contributed by atoms with Crippen LogP contribution in [0.5, 0.6) is 0 Å². The summed E-state index contributed by atoms with van der Waals surface area (Å²) in [6, 6.07) is 10.4. The number of nitrogens with zero attached hydrogens (tertiary/aromatic N) is 1. The largest absolute Gasteiger partial charge is 0.353 e. The Kier molecular flexibility index (Phi) is 2.10. The van der Waals surface area contributed by atoms with Crippen molar-refractivity contribution in [2.24, 2.45) is 5.92 Å². The van der Waals surface area contributed by atoms with Crippen LogP contribution >= 0.6 is 0 Å². The Bertz CT molecular complexity index is 487. The summed E-state index contributed by atoms with van der Waals surface area (Å²) in [4.78, 5) is 14.3. The monoisotopic (exact) mass is 243 g/mol. The second kappa shape index (κ2) is 3.58. The quantitative estimate of drug-likeness (QED) is 0.758. The highest BCUT2D eigenvalue weighted by Gasteiger charge is 2.61. The molecule has 0 bridgehead atoms. The van der Waals surface area contributed by atoms with E-state index in [9.17, 15) is 4.79 Å². The van der Waals surface area contributed by atoms with Gasteiger partial charge in [0.1, 0.15) is 5.72 Å². The minimum Gasteiger partial charge on any atom is -0.353 e. The predicted octanol–water partition coefficient (Wildman–Crippen LogP) is 2.49. The topological polar surface area (TPSA) is 29.5 Å². The molecule has 0 aromatic heterocycles. The van der Waals surface area contributed by atoms with E-state index in [1.165, 1.54) is 12.0 Å². The number of amides is 1. The molecule has 2 heterocycles. The Morgan fingerprint density at radius 2 is 2.11 bits per heavy atom. The number of carbonyl (C=O) groups excluding carboxylic acids is 1. The van der Waals surface area contributed by atoms with E-state index in [1.54, 1.807) is 0 Å². The van der Waals surface area contributed by atoms with Crippen molar-refractivity contribution in [3.63, 3.8) is 0 Å². The highest BCUT2D eigenvalue weighted by molar-refractivity contribution is 5.81.